The second kappa shape index (κ2) is 9.26. The second-order valence-electron chi connectivity index (χ2n) is 7.11. The number of thiol groups is 1. The SMILES string of the molecule is CCn1nc(C)c(OCc2ccccc2)c1-c1nnc(S)n1Cc1ccc(OC)cc1. The highest BCUT2D eigenvalue weighted by atomic mass is 32.1. The first-order valence-corrected chi connectivity index (χ1v) is 10.5. The molecule has 0 amide bonds. The molecule has 160 valence electrons. The minimum Gasteiger partial charge on any atom is -0.497 e. The fourth-order valence-corrected chi connectivity index (χ4v) is 3.65. The van der Waals surface area contributed by atoms with Gasteiger partial charge in [-0.2, -0.15) is 5.10 Å². The molecule has 2 aromatic heterocycles. The van der Waals surface area contributed by atoms with Crippen LogP contribution in [0.4, 0.5) is 0 Å². The zero-order valence-corrected chi connectivity index (χ0v) is 18.7. The highest BCUT2D eigenvalue weighted by Gasteiger charge is 2.24. The Labute approximate surface area is 187 Å². The molecule has 0 atom stereocenters. The van der Waals surface area contributed by atoms with Crippen molar-refractivity contribution in [3.63, 3.8) is 0 Å². The predicted molar refractivity (Wildman–Crippen MR) is 122 cm³/mol. The van der Waals surface area contributed by atoms with E-state index in [0.29, 0.717) is 36.4 Å². The summed E-state index contributed by atoms with van der Waals surface area (Å²) in [5.74, 6) is 2.20. The third-order valence-corrected chi connectivity index (χ3v) is 5.37. The van der Waals surface area contributed by atoms with Crippen molar-refractivity contribution in [3.05, 3.63) is 71.4 Å². The molecule has 2 aromatic carbocycles. The average molecular weight is 436 g/mol. The van der Waals surface area contributed by atoms with Gasteiger partial charge in [0.25, 0.3) is 0 Å². The molecule has 4 aromatic rings. The number of hydrogen-bond acceptors (Lipinski definition) is 6. The summed E-state index contributed by atoms with van der Waals surface area (Å²) < 4.78 is 15.3. The van der Waals surface area contributed by atoms with Gasteiger partial charge in [-0.15, -0.1) is 22.8 Å². The van der Waals surface area contributed by atoms with Gasteiger partial charge in [-0.1, -0.05) is 42.5 Å². The molecule has 0 spiro atoms. The Morgan fingerprint density at radius 3 is 2.39 bits per heavy atom. The van der Waals surface area contributed by atoms with E-state index >= 15 is 0 Å². The van der Waals surface area contributed by atoms with Crippen molar-refractivity contribution >= 4 is 12.6 Å². The Morgan fingerprint density at radius 2 is 1.71 bits per heavy atom. The normalized spacial score (nSPS) is 11.0. The number of methoxy groups -OCH3 is 1. The number of ether oxygens (including phenoxy) is 2. The van der Waals surface area contributed by atoms with Gasteiger partial charge in [0.05, 0.1) is 13.7 Å². The molecule has 0 unspecified atom stereocenters. The zero-order valence-electron chi connectivity index (χ0n) is 17.8. The van der Waals surface area contributed by atoms with Crippen LogP contribution in [-0.4, -0.2) is 31.7 Å². The van der Waals surface area contributed by atoms with Crippen LogP contribution in [0.15, 0.2) is 59.8 Å². The van der Waals surface area contributed by atoms with Gasteiger partial charge in [-0.3, -0.25) is 9.25 Å². The first-order valence-electron chi connectivity index (χ1n) is 10.1. The molecule has 8 heteroatoms. The van der Waals surface area contributed by atoms with Crippen molar-refractivity contribution in [3.8, 4) is 23.0 Å². The molecule has 0 aliphatic rings. The fraction of sp³-hybridized carbons (Fsp3) is 0.261. The Hall–Kier alpha value is -3.26. The van der Waals surface area contributed by atoms with Crippen molar-refractivity contribution in [1.82, 2.24) is 24.5 Å². The lowest BCUT2D eigenvalue weighted by molar-refractivity contribution is 0.305. The number of aryl methyl sites for hydroxylation is 2. The van der Waals surface area contributed by atoms with Gasteiger partial charge in [0.1, 0.15) is 23.7 Å². The average Bonchev–Trinajstić information content (AvgIpc) is 3.32. The van der Waals surface area contributed by atoms with E-state index in [1.165, 1.54) is 0 Å². The van der Waals surface area contributed by atoms with Gasteiger partial charge in [-0.25, -0.2) is 0 Å². The monoisotopic (exact) mass is 435 g/mol. The molecule has 0 N–H and O–H groups in total. The van der Waals surface area contributed by atoms with Gasteiger partial charge in [0, 0.05) is 6.54 Å². The van der Waals surface area contributed by atoms with Crippen LogP contribution in [0.5, 0.6) is 11.5 Å². The highest BCUT2D eigenvalue weighted by molar-refractivity contribution is 7.80. The molecule has 31 heavy (non-hydrogen) atoms. The molecule has 0 saturated carbocycles. The third-order valence-electron chi connectivity index (χ3n) is 5.04. The van der Waals surface area contributed by atoms with Crippen molar-refractivity contribution in [2.45, 2.75) is 38.7 Å². The summed E-state index contributed by atoms with van der Waals surface area (Å²) in [5.41, 5.74) is 3.79. The van der Waals surface area contributed by atoms with Crippen molar-refractivity contribution in [2.75, 3.05) is 7.11 Å². The largest absolute Gasteiger partial charge is 0.497 e. The Bertz CT molecular complexity index is 1150. The van der Waals surface area contributed by atoms with Crippen LogP contribution in [0, 0.1) is 6.92 Å². The number of aromatic nitrogens is 5. The number of benzene rings is 2. The van der Waals surface area contributed by atoms with E-state index in [9.17, 15) is 0 Å². The molecule has 0 saturated heterocycles. The highest BCUT2D eigenvalue weighted by Crippen LogP contribution is 2.34. The molecule has 4 rings (SSSR count). The number of hydrogen-bond donors (Lipinski definition) is 1. The van der Waals surface area contributed by atoms with E-state index in [1.807, 2.05) is 77.7 Å². The summed E-state index contributed by atoms with van der Waals surface area (Å²) in [6.07, 6.45) is 0. The maximum atomic E-state index is 6.23. The number of rotatable bonds is 8. The maximum absolute atomic E-state index is 6.23. The van der Waals surface area contributed by atoms with Crippen LogP contribution < -0.4 is 9.47 Å². The van der Waals surface area contributed by atoms with Crippen molar-refractivity contribution in [2.24, 2.45) is 0 Å². The quantitative estimate of drug-likeness (QED) is 0.416. The first kappa shape index (κ1) is 21.0. The first-order chi connectivity index (χ1) is 15.1. The smallest absolute Gasteiger partial charge is 0.188 e. The van der Waals surface area contributed by atoms with E-state index in [-0.39, 0.29) is 0 Å². The molecule has 7 nitrogen and oxygen atoms in total. The molecule has 0 fully saturated rings. The summed E-state index contributed by atoms with van der Waals surface area (Å²) in [7, 11) is 1.66. The second-order valence-corrected chi connectivity index (χ2v) is 7.51. The van der Waals surface area contributed by atoms with E-state index in [2.05, 4.69) is 27.9 Å². The molecular formula is C23H25N5O2S. The molecule has 0 bridgehead atoms. The van der Waals surface area contributed by atoms with Crippen molar-refractivity contribution in [1.29, 1.82) is 0 Å². The van der Waals surface area contributed by atoms with Crippen molar-refractivity contribution < 1.29 is 9.47 Å². The van der Waals surface area contributed by atoms with Gasteiger partial charge in [0.2, 0.25) is 0 Å². The van der Waals surface area contributed by atoms with Gasteiger partial charge in [0.15, 0.2) is 16.7 Å². The van der Waals surface area contributed by atoms with E-state index in [4.69, 9.17) is 9.47 Å². The standard InChI is InChI=1S/C23H25N5O2S/c1-4-28-20(21(16(2)26-28)30-15-18-8-6-5-7-9-18)22-24-25-23(31)27(22)14-17-10-12-19(29-3)13-11-17/h5-13H,4,14-15H2,1-3H3,(H,25,31). The van der Waals surface area contributed by atoms with Gasteiger partial charge < -0.3 is 9.47 Å². The van der Waals surface area contributed by atoms with Crippen LogP contribution in [0.1, 0.15) is 23.7 Å². The predicted octanol–water partition coefficient (Wildman–Crippen LogP) is 4.39. The molecule has 0 radical (unpaired) electrons. The summed E-state index contributed by atoms with van der Waals surface area (Å²) in [6, 6.07) is 18.0. The summed E-state index contributed by atoms with van der Waals surface area (Å²) in [5, 5.41) is 13.8. The summed E-state index contributed by atoms with van der Waals surface area (Å²) in [4.78, 5) is 0. The fourth-order valence-electron chi connectivity index (χ4n) is 3.44. The van der Waals surface area contributed by atoms with E-state index < -0.39 is 0 Å². The van der Waals surface area contributed by atoms with Crippen LogP contribution >= 0.6 is 12.6 Å². The Balaban J connectivity index is 1.70. The zero-order chi connectivity index (χ0) is 21.8. The maximum Gasteiger partial charge on any atom is 0.188 e. The minimum atomic E-state index is 0.449. The van der Waals surface area contributed by atoms with Crippen LogP contribution in [-0.2, 0) is 19.7 Å². The summed E-state index contributed by atoms with van der Waals surface area (Å²) >= 11 is 4.55. The minimum absolute atomic E-state index is 0.449. The lowest BCUT2D eigenvalue weighted by atomic mass is 10.2. The lowest BCUT2D eigenvalue weighted by Gasteiger charge is -2.12. The molecular weight excluding hydrogens is 410 g/mol. The number of nitrogens with zero attached hydrogens (tertiary/aromatic N) is 5. The molecule has 0 aliphatic carbocycles. The summed E-state index contributed by atoms with van der Waals surface area (Å²) in [6.45, 7) is 5.69. The Kier molecular flexibility index (Phi) is 6.27. The van der Waals surface area contributed by atoms with E-state index in [1.54, 1.807) is 7.11 Å². The van der Waals surface area contributed by atoms with Crippen LogP contribution in [0.3, 0.4) is 0 Å². The topological polar surface area (TPSA) is 67.0 Å². The van der Waals surface area contributed by atoms with Gasteiger partial charge in [-0.05, 0) is 37.1 Å². The molecule has 2 heterocycles. The van der Waals surface area contributed by atoms with Crippen LogP contribution in [0.2, 0.25) is 0 Å². The van der Waals surface area contributed by atoms with Crippen LogP contribution in [0.25, 0.3) is 11.5 Å². The third kappa shape index (κ3) is 4.44. The molecule has 0 aliphatic heterocycles. The Morgan fingerprint density at radius 1 is 0.968 bits per heavy atom. The van der Waals surface area contributed by atoms with E-state index in [0.717, 1.165) is 28.3 Å². The van der Waals surface area contributed by atoms with Gasteiger partial charge >= 0.3 is 0 Å². The lowest BCUT2D eigenvalue weighted by Crippen LogP contribution is -2.08.